The second-order valence-corrected chi connectivity index (χ2v) is 4.25. The molecule has 5 heteroatoms. The third kappa shape index (κ3) is 2.09. The number of aromatic hydroxyl groups is 1. The molecule has 0 radical (unpaired) electrons. The zero-order valence-electron chi connectivity index (χ0n) is 10.9. The standard InChI is InChI=1S/C15H13N3O2/c1-20-12-7-8-15(19)13(9-12)14-10-16-17-18(14)11-5-3-2-4-6-11/h2-10,19H,1H3. The molecule has 0 aliphatic carbocycles. The maximum atomic E-state index is 10.0. The summed E-state index contributed by atoms with van der Waals surface area (Å²) in [6, 6.07) is 14.7. The van der Waals surface area contributed by atoms with Crippen molar-refractivity contribution < 1.29 is 9.84 Å². The highest BCUT2D eigenvalue weighted by atomic mass is 16.5. The molecular weight excluding hydrogens is 254 g/mol. The predicted octanol–water partition coefficient (Wildman–Crippen LogP) is 2.65. The van der Waals surface area contributed by atoms with Crippen LogP contribution in [0.25, 0.3) is 16.9 Å². The molecule has 0 atom stereocenters. The first kappa shape index (κ1) is 12.2. The van der Waals surface area contributed by atoms with E-state index < -0.39 is 0 Å². The molecule has 1 N–H and O–H groups in total. The van der Waals surface area contributed by atoms with Crippen molar-refractivity contribution in [1.29, 1.82) is 0 Å². The molecule has 0 spiro atoms. The lowest BCUT2D eigenvalue weighted by Gasteiger charge is -2.09. The van der Waals surface area contributed by atoms with E-state index >= 15 is 0 Å². The maximum Gasteiger partial charge on any atom is 0.125 e. The molecule has 1 aromatic heterocycles. The van der Waals surface area contributed by atoms with Crippen molar-refractivity contribution in [2.24, 2.45) is 0 Å². The maximum absolute atomic E-state index is 10.0. The Hall–Kier alpha value is -2.82. The van der Waals surface area contributed by atoms with Crippen molar-refractivity contribution in [3.05, 3.63) is 54.7 Å². The van der Waals surface area contributed by atoms with Gasteiger partial charge in [-0.05, 0) is 30.3 Å². The van der Waals surface area contributed by atoms with Gasteiger partial charge in [0, 0.05) is 5.56 Å². The third-order valence-corrected chi connectivity index (χ3v) is 3.03. The average molecular weight is 267 g/mol. The minimum atomic E-state index is 0.158. The molecule has 3 rings (SSSR count). The van der Waals surface area contributed by atoms with Gasteiger partial charge in [0.15, 0.2) is 0 Å². The quantitative estimate of drug-likeness (QED) is 0.792. The Balaban J connectivity index is 2.15. The van der Waals surface area contributed by atoms with Gasteiger partial charge in [-0.15, -0.1) is 5.10 Å². The Bertz CT molecular complexity index is 723. The molecule has 5 nitrogen and oxygen atoms in total. The van der Waals surface area contributed by atoms with Crippen molar-refractivity contribution in [2.45, 2.75) is 0 Å². The summed E-state index contributed by atoms with van der Waals surface area (Å²) in [6.07, 6.45) is 1.61. The Kier molecular flexibility index (Phi) is 3.09. The van der Waals surface area contributed by atoms with Crippen LogP contribution >= 0.6 is 0 Å². The summed E-state index contributed by atoms with van der Waals surface area (Å²) in [6.45, 7) is 0. The lowest BCUT2D eigenvalue weighted by atomic mass is 10.1. The predicted molar refractivity (Wildman–Crippen MR) is 75.0 cm³/mol. The van der Waals surface area contributed by atoms with Crippen LogP contribution in [0.3, 0.4) is 0 Å². The smallest absolute Gasteiger partial charge is 0.125 e. The van der Waals surface area contributed by atoms with Gasteiger partial charge < -0.3 is 9.84 Å². The van der Waals surface area contributed by atoms with Gasteiger partial charge in [0.1, 0.15) is 11.5 Å². The number of nitrogens with zero attached hydrogens (tertiary/aromatic N) is 3. The Morgan fingerprint density at radius 1 is 1.10 bits per heavy atom. The van der Waals surface area contributed by atoms with Gasteiger partial charge in [-0.2, -0.15) is 0 Å². The summed E-state index contributed by atoms with van der Waals surface area (Å²) in [5, 5.41) is 18.1. The topological polar surface area (TPSA) is 60.2 Å². The Morgan fingerprint density at radius 2 is 1.90 bits per heavy atom. The third-order valence-electron chi connectivity index (χ3n) is 3.03. The number of ether oxygens (including phenoxy) is 1. The molecule has 0 bridgehead atoms. The number of rotatable bonds is 3. The van der Waals surface area contributed by atoms with Crippen LogP contribution in [0.4, 0.5) is 0 Å². The second-order valence-electron chi connectivity index (χ2n) is 4.25. The highest BCUT2D eigenvalue weighted by molar-refractivity contribution is 5.69. The molecule has 0 unspecified atom stereocenters. The molecule has 0 aliphatic heterocycles. The van der Waals surface area contributed by atoms with Gasteiger partial charge in [-0.25, -0.2) is 4.68 Å². The molecule has 0 aliphatic rings. The number of phenols is 1. The largest absolute Gasteiger partial charge is 0.507 e. The molecule has 0 amide bonds. The minimum absolute atomic E-state index is 0.158. The van der Waals surface area contributed by atoms with Crippen molar-refractivity contribution in [2.75, 3.05) is 7.11 Å². The molecule has 0 saturated heterocycles. The van der Waals surface area contributed by atoms with Crippen LogP contribution < -0.4 is 4.74 Å². The van der Waals surface area contributed by atoms with E-state index in [0.29, 0.717) is 17.0 Å². The highest BCUT2D eigenvalue weighted by Gasteiger charge is 2.13. The fourth-order valence-electron chi connectivity index (χ4n) is 2.03. The summed E-state index contributed by atoms with van der Waals surface area (Å²) >= 11 is 0. The fourth-order valence-corrected chi connectivity index (χ4v) is 2.03. The Labute approximate surface area is 116 Å². The molecule has 2 aromatic carbocycles. The fraction of sp³-hybridized carbons (Fsp3) is 0.0667. The summed E-state index contributed by atoms with van der Waals surface area (Å²) in [7, 11) is 1.59. The van der Waals surface area contributed by atoms with E-state index in [1.54, 1.807) is 36.2 Å². The number of hydrogen-bond acceptors (Lipinski definition) is 4. The van der Waals surface area contributed by atoms with Gasteiger partial charge in [0.2, 0.25) is 0 Å². The zero-order valence-corrected chi connectivity index (χ0v) is 10.9. The van der Waals surface area contributed by atoms with Gasteiger partial charge in [0.05, 0.1) is 24.7 Å². The van der Waals surface area contributed by atoms with Crippen LogP contribution in [0, 0.1) is 0 Å². The first-order chi connectivity index (χ1) is 9.79. The minimum Gasteiger partial charge on any atom is -0.507 e. The van der Waals surface area contributed by atoms with Crippen molar-refractivity contribution in [3.8, 4) is 28.4 Å². The first-order valence-electron chi connectivity index (χ1n) is 6.13. The number of hydrogen-bond donors (Lipinski definition) is 1. The van der Waals surface area contributed by atoms with Crippen LogP contribution in [0.2, 0.25) is 0 Å². The van der Waals surface area contributed by atoms with Crippen LogP contribution in [0.15, 0.2) is 54.7 Å². The van der Waals surface area contributed by atoms with Gasteiger partial charge in [-0.1, -0.05) is 23.4 Å². The molecular formula is C15H13N3O2. The summed E-state index contributed by atoms with van der Waals surface area (Å²) < 4.78 is 6.87. The lowest BCUT2D eigenvalue weighted by Crippen LogP contribution is -1.99. The number of methoxy groups -OCH3 is 1. The van der Waals surface area contributed by atoms with Crippen LogP contribution in [0.5, 0.6) is 11.5 Å². The second kappa shape index (κ2) is 5.05. The van der Waals surface area contributed by atoms with E-state index in [-0.39, 0.29) is 5.75 Å². The van der Waals surface area contributed by atoms with Crippen LogP contribution in [-0.2, 0) is 0 Å². The van der Waals surface area contributed by atoms with Gasteiger partial charge in [-0.3, -0.25) is 0 Å². The van der Waals surface area contributed by atoms with E-state index in [1.165, 1.54) is 0 Å². The van der Waals surface area contributed by atoms with Crippen LogP contribution in [-0.4, -0.2) is 27.2 Å². The molecule has 0 saturated carbocycles. The van der Waals surface area contributed by atoms with Crippen molar-refractivity contribution >= 4 is 0 Å². The molecule has 0 fully saturated rings. The number of para-hydroxylation sites is 1. The number of benzene rings is 2. The van der Waals surface area contributed by atoms with Gasteiger partial charge in [0.25, 0.3) is 0 Å². The monoisotopic (exact) mass is 267 g/mol. The molecule has 3 aromatic rings. The molecule has 20 heavy (non-hydrogen) atoms. The Morgan fingerprint density at radius 3 is 2.65 bits per heavy atom. The SMILES string of the molecule is COc1ccc(O)c(-c2cnnn2-c2ccccc2)c1. The van der Waals surface area contributed by atoms with E-state index in [9.17, 15) is 5.11 Å². The van der Waals surface area contributed by atoms with Crippen LogP contribution in [0.1, 0.15) is 0 Å². The molecule has 1 heterocycles. The normalized spacial score (nSPS) is 10.4. The lowest BCUT2D eigenvalue weighted by molar-refractivity contribution is 0.412. The zero-order chi connectivity index (χ0) is 13.9. The van der Waals surface area contributed by atoms with Gasteiger partial charge >= 0.3 is 0 Å². The molecule has 100 valence electrons. The van der Waals surface area contributed by atoms with E-state index in [0.717, 1.165) is 5.69 Å². The van der Waals surface area contributed by atoms with Crippen molar-refractivity contribution in [3.63, 3.8) is 0 Å². The van der Waals surface area contributed by atoms with E-state index in [2.05, 4.69) is 10.3 Å². The summed E-state index contributed by atoms with van der Waals surface area (Å²) in [5.41, 5.74) is 2.20. The number of aromatic nitrogens is 3. The van der Waals surface area contributed by atoms with Crippen molar-refractivity contribution in [1.82, 2.24) is 15.0 Å². The average Bonchev–Trinajstić information content (AvgIpc) is 2.98. The first-order valence-corrected chi connectivity index (χ1v) is 6.13. The number of phenolic OH excluding ortho intramolecular Hbond substituents is 1. The summed E-state index contributed by atoms with van der Waals surface area (Å²) in [4.78, 5) is 0. The summed E-state index contributed by atoms with van der Waals surface area (Å²) in [5.74, 6) is 0.823. The highest BCUT2D eigenvalue weighted by Crippen LogP contribution is 2.32. The van der Waals surface area contributed by atoms with E-state index in [1.807, 2.05) is 30.3 Å². The van der Waals surface area contributed by atoms with E-state index in [4.69, 9.17) is 4.74 Å².